The molecule has 2 aliphatic rings. The zero-order valence-corrected chi connectivity index (χ0v) is 12.2. The van der Waals surface area contributed by atoms with Crippen LogP contribution in [-0.2, 0) is 9.47 Å². The quantitative estimate of drug-likeness (QED) is 0.866. The maximum atomic E-state index is 10.8. The van der Waals surface area contributed by atoms with Crippen molar-refractivity contribution < 1.29 is 24.1 Å². The van der Waals surface area contributed by atoms with Crippen molar-refractivity contribution >= 4 is 0 Å². The molecular formula is C17H18O5. The molecule has 1 N–H and O–H groups in total. The maximum Gasteiger partial charge on any atom is 0.167 e. The number of hydrogen-bond acceptors (Lipinski definition) is 5. The molecule has 1 aromatic rings. The van der Waals surface area contributed by atoms with Crippen LogP contribution in [0.2, 0.25) is 0 Å². The summed E-state index contributed by atoms with van der Waals surface area (Å²) in [5, 5.41) is 10.8. The molecule has 1 unspecified atom stereocenters. The summed E-state index contributed by atoms with van der Waals surface area (Å²) in [5.41, 5.74) is 1.19. The zero-order valence-electron chi connectivity index (χ0n) is 12.2. The zero-order chi connectivity index (χ0) is 15.4. The molecule has 0 aliphatic carbocycles. The summed E-state index contributed by atoms with van der Waals surface area (Å²) in [5.74, 6) is 1.69. The number of rotatable bonds is 4. The van der Waals surface area contributed by atoms with Crippen molar-refractivity contribution in [2.45, 2.75) is 6.10 Å². The summed E-state index contributed by atoms with van der Waals surface area (Å²) in [6.07, 6.45) is 3.88. The van der Waals surface area contributed by atoms with Gasteiger partial charge in [-0.05, 0) is 6.07 Å². The lowest BCUT2D eigenvalue weighted by Crippen LogP contribution is -2.19. The van der Waals surface area contributed by atoms with Gasteiger partial charge in [0.25, 0.3) is 0 Å². The molecule has 0 bridgehead atoms. The number of para-hydroxylation sites is 1. The Hall–Kier alpha value is -2.40. The van der Waals surface area contributed by atoms with E-state index < -0.39 is 6.10 Å². The minimum Gasteiger partial charge on any atom is -0.494 e. The standard InChI is InChI=1S/C17H18O5/c1-2-4-12(15-11-19-7-8-21-15)16(18)13-5-3-6-14-17(13)22-10-9-20-14/h2-6,11,16,18H,1,7-10H2/b12-4+. The van der Waals surface area contributed by atoms with Crippen LogP contribution >= 0.6 is 0 Å². The SMILES string of the molecule is C=C/C=C(\C1=COCCO1)C(O)c1cccc2c1OCCO2. The fourth-order valence-electron chi connectivity index (χ4n) is 2.43. The fraction of sp³-hybridized carbons (Fsp3) is 0.294. The molecule has 0 spiro atoms. The number of aliphatic hydroxyl groups is 1. The van der Waals surface area contributed by atoms with E-state index in [9.17, 15) is 5.11 Å². The Morgan fingerprint density at radius 2 is 1.95 bits per heavy atom. The van der Waals surface area contributed by atoms with Crippen LogP contribution in [-0.4, -0.2) is 31.5 Å². The molecule has 0 amide bonds. The predicted molar refractivity (Wildman–Crippen MR) is 80.7 cm³/mol. The first-order valence-corrected chi connectivity index (χ1v) is 7.15. The van der Waals surface area contributed by atoms with Gasteiger partial charge in [-0.3, -0.25) is 0 Å². The lowest BCUT2D eigenvalue weighted by atomic mass is 9.98. The topological polar surface area (TPSA) is 57.2 Å². The van der Waals surface area contributed by atoms with Crippen LogP contribution in [0.5, 0.6) is 11.5 Å². The van der Waals surface area contributed by atoms with E-state index in [0.29, 0.717) is 54.8 Å². The number of hydrogen-bond donors (Lipinski definition) is 1. The maximum absolute atomic E-state index is 10.8. The molecule has 1 aromatic carbocycles. The van der Waals surface area contributed by atoms with E-state index >= 15 is 0 Å². The van der Waals surface area contributed by atoms with Gasteiger partial charge in [-0.25, -0.2) is 0 Å². The van der Waals surface area contributed by atoms with Crippen molar-refractivity contribution in [3.05, 3.63) is 60.1 Å². The first-order chi connectivity index (χ1) is 10.8. The van der Waals surface area contributed by atoms with Gasteiger partial charge < -0.3 is 24.1 Å². The third-order valence-corrected chi connectivity index (χ3v) is 3.42. The summed E-state index contributed by atoms with van der Waals surface area (Å²) < 4.78 is 22.1. The van der Waals surface area contributed by atoms with Crippen LogP contribution in [0, 0.1) is 0 Å². The first-order valence-electron chi connectivity index (χ1n) is 7.15. The van der Waals surface area contributed by atoms with Gasteiger partial charge in [-0.1, -0.05) is 30.9 Å². The molecular weight excluding hydrogens is 284 g/mol. The van der Waals surface area contributed by atoms with E-state index in [1.54, 1.807) is 18.2 Å². The van der Waals surface area contributed by atoms with Crippen LogP contribution < -0.4 is 9.47 Å². The lowest BCUT2D eigenvalue weighted by Gasteiger charge is -2.25. The third-order valence-electron chi connectivity index (χ3n) is 3.42. The summed E-state index contributed by atoms with van der Waals surface area (Å²) in [7, 11) is 0. The molecule has 0 fully saturated rings. The Bertz CT molecular complexity index is 617. The Morgan fingerprint density at radius 1 is 1.14 bits per heavy atom. The molecule has 0 saturated heterocycles. The number of benzene rings is 1. The van der Waals surface area contributed by atoms with Gasteiger partial charge in [0.1, 0.15) is 38.8 Å². The summed E-state index contributed by atoms with van der Waals surface area (Å²) in [6, 6.07) is 5.45. The monoisotopic (exact) mass is 302 g/mol. The van der Waals surface area contributed by atoms with Gasteiger partial charge in [-0.2, -0.15) is 0 Å². The Kier molecular flexibility index (Phi) is 4.34. The molecule has 2 heterocycles. The van der Waals surface area contributed by atoms with Crippen LogP contribution in [0.25, 0.3) is 0 Å². The van der Waals surface area contributed by atoms with E-state index in [1.807, 2.05) is 12.1 Å². The number of fused-ring (bicyclic) bond motifs is 1. The highest BCUT2D eigenvalue weighted by Crippen LogP contribution is 2.40. The van der Waals surface area contributed by atoms with Crippen molar-refractivity contribution in [1.82, 2.24) is 0 Å². The molecule has 116 valence electrons. The van der Waals surface area contributed by atoms with Gasteiger partial charge in [0.2, 0.25) is 0 Å². The highest BCUT2D eigenvalue weighted by Gasteiger charge is 2.26. The fourth-order valence-corrected chi connectivity index (χ4v) is 2.43. The van der Waals surface area contributed by atoms with Gasteiger partial charge in [0.15, 0.2) is 17.3 Å². The summed E-state index contributed by atoms with van der Waals surface area (Å²) in [6.45, 7) is 5.60. The average molecular weight is 302 g/mol. The van der Waals surface area contributed by atoms with Crippen LogP contribution in [0.15, 0.2) is 54.5 Å². The molecule has 0 saturated carbocycles. The molecule has 22 heavy (non-hydrogen) atoms. The normalized spacial score (nSPS) is 18.6. The van der Waals surface area contributed by atoms with Crippen molar-refractivity contribution in [3.8, 4) is 11.5 Å². The number of aliphatic hydroxyl groups excluding tert-OH is 1. The molecule has 0 radical (unpaired) electrons. The lowest BCUT2D eigenvalue weighted by molar-refractivity contribution is 0.0805. The van der Waals surface area contributed by atoms with Crippen molar-refractivity contribution in [2.75, 3.05) is 26.4 Å². The third kappa shape index (κ3) is 2.80. The predicted octanol–water partition coefficient (Wildman–Crippen LogP) is 2.49. The second kappa shape index (κ2) is 6.58. The molecule has 1 atom stereocenters. The minimum atomic E-state index is -0.928. The molecule has 2 aliphatic heterocycles. The summed E-state index contributed by atoms with van der Waals surface area (Å²) in [4.78, 5) is 0. The average Bonchev–Trinajstić information content (AvgIpc) is 2.59. The number of ether oxygens (including phenoxy) is 4. The Labute approximate surface area is 129 Å². The minimum absolute atomic E-state index is 0.444. The van der Waals surface area contributed by atoms with Gasteiger partial charge in [0.05, 0.1) is 0 Å². The highest BCUT2D eigenvalue weighted by atomic mass is 16.6. The van der Waals surface area contributed by atoms with Gasteiger partial charge in [-0.15, -0.1) is 0 Å². The van der Waals surface area contributed by atoms with Crippen LogP contribution in [0.4, 0.5) is 0 Å². The molecule has 0 aromatic heterocycles. The van der Waals surface area contributed by atoms with Gasteiger partial charge in [0, 0.05) is 11.1 Å². The van der Waals surface area contributed by atoms with E-state index in [4.69, 9.17) is 18.9 Å². The van der Waals surface area contributed by atoms with E-state index in [2.05, 4.69) is 6.58 Å². The summed E-state index contributed by atoms with van der Waals surface area (Å²) >= 11 is 0. The van der Waals surface area contributed by atoms with E-state index in [-0.39, 0.29) is 0 Å². The van der Waals surface area contributed by atoms with Crippen molar-refractivity contribution in [2.24, 2.45) is 0 Å². The molecule has 5 heteroatoms. The molecule has 5 nitrogen and oxygen atoms in total. The smallest absolute Gasteiger partial charge is 0.167 e. The second-order valence-corrected chi connectivity index (χ2v) is 4.83. The highest BCUT2D eigenvalue weighted by molar-refractivity contribution is 5.52. The van der Waals surface area contributed by atoms with E-state index in [1.165, 1.54) is 6.26 Å². The Morgan fingerprint density at radius 3 is 2.73 bits per heavy atom. The Balaban J connectivity index is 1.97. The largest absolute Gasteiger partial charge is 0.494 e. The van der Waals surface area contributed by atoms with E-state index in [0.717, 1.165) is 0 Å². The van der Waals surface area contributed by atoms with Crippen LogP contribution in [0.3, 0.4) is 0 Å². The number of allylic oxidation sites excluding steroid dienone is 2. The first kappa shape index (κ1) is 14.5. The second-order valence-electron chi connectivity index (χ2n) is 4.83. The van der Waals surface area contributed by atoms with Crippen molar-refractivity contribution in [1.29, 1.82) is 0 Å². The van der Waals surface area contributed by atoms with Gasteiger partial charge >= 0.3 is 0 Å². The van der Waals surface area contributed by atoms with Crippen molar-refractivity contribution in [3.63, 3.8) is 0 Å². The van der Waals surface area contributed by atoms with Crippen LogP contribution in [0.1, 0.15) is 11.7 Å². The molecule has 3 rings (SSSR count).